The van der Waals surface area contributed by atoms with Crippen molar-refractivity contribution in [1.29, 1.82) is 5.26 Å². The molecule has 186 valence electrons. The first-order valence-electron chi connectivity index (χ1n) is 13.3. The average molecular weight is 527 g/mol. The van der Waals surface area contributed by atoms with Crippen LogP contribution in [0.15, 0.2) is 133 Å². The van der Waals surface area contributed by atoms with Gasteiger partial charge in [-0.3, -0.25) is 0 Å². The number of benzene rings is 6. The van der Waals surface area contributed by atoms with Gasteiger partial charge in [-0.2, -0.15) is 5.26 Å². The zero-order valence-electron chi connectivity index (χ0n) is 21.5. The molecule has 0 fully saturated rings. The van der Waals surface area contributed by atoms with Crippen molar-refractivity contribution < 1.29 is 0 Å². The molecule has 6 aromatic carbocycles. The minimum Gasteiger partial charge on any atom is -0.309 e. The molecule has 3 heteroatoms. The van der Waals surface area contributed by atoms with Gasteiger partial charge >= 0.3 is 0 Å². The molecule has 2 nitrogen and oxygen atoms in total. The standard InChI is InChI=1S/C37H22N2S/c38-23-24-19-27(21-28(20-24)39-34-15-6-4-11-30(34)31-12-5-7-16-35(31)39)26-17-18-36-33(22-26)32-14-8-13-29(37(32)40-36)25-9-2-1-3-10-25/h1-22H. The molecule has 40 heavy (non-hydrogen) atoms. The van der Waals surface area contributed by atoms with E-state index >= 15 is 0 Å². The minimum absolute atomic E-state index is 0.649. The van der Waals surface area contributed by atoms with Crippen LogP contribution in [0.1, 0.15) is 5.56 Å². The van der Waals surface area contributed by atoms with Crippen molar-refractivity contribution >= 4 is 53.3 Å². The van der Waals surface area contributed by atoms with Crippen LogP contribution in [0, 0.1) is 11.3 Å². The average Bonchev–Trinajstić information content (AvgIpc) is 3.57. The maximum Gasteiger partial charge on any atom is 0.0992 e. The Morgan fingerprint density at radius 1 is 0.525 bits per heavy atom. The normalized spacial score (nSPS) is 11.5. The summed E-state index contributed by atoms with van der Waals surface area (Å²) in [4.78, 5) is 0. The van der Waals surface area contributed by atoms with Gasteiger partial charge in [0.05, 0.1) is 22.7 Å². The number of para-hydroxylation sites is 2. The maximum atomic E-state index is 10.0. The van der Waals surface area contributed by atoms with Crippen LogP contribution in [0.5, 0.6) is 0 Å². The molecule has 8 rings (SSSR count). The van der Waals surface area contributed by atoms with E-state index in [1.807, 2.05) is 23.5 Å². The highest BCUT2D eigenvalue weighted by Gasteiger charge is 2.15. The van der Waals surface area contributed by atoms with Crippen molar-refractivity contribution in [3.63, 3.8) is 0 Å². The van der Waals surface area contributed by atoms with Crippen LogP contribution in [0.4, 0.5) is 0 Å². The zero-order valence-corrected chi connectivity index (χ0v) is 22.3. The molecule has 0 bridgehead atoms. The van der Waals surface area contributed by atoms with E-state index in [0.717, 1.165) is 27.8 Å². The van der Waals surface area contributed by atoms with Crippen molar-refractivity contribution in [3.8, 4) is 34.0 Å². The molecule has 0 aliphatic rings. The molecule has 0 radical (unpaired) electrons. The molecule has 0 N–H and O–H groups in total. The third kappa shape index (κ3) is 3.48. The number of fused-ring (bicyclic) bond motifs is 6. The van der Waals surface area contributed by atoms with Crippen LogP contribution in [-0.2, 0) is 0 Å². The number of aromatic nitrogens is 1. The second-order valence-electron chi connectivity index (χ2n) is 10.1. The zero-order chi connectivity index (χ0) is 26.6. The van der Waals surface area contributed by atoms with Gasteiger partial charge in [-0.25, -0.2) is 0 Å². The lowest BCUT2D eigenvalue weighted by atomic mass is 9.99. The Hall–Kier alpha value is -5.17. The van der Waals surface area contributed by atoms with Gasteiger partial charge in [0.15, 0.2) is 0 Å². The van der Waals surface area contributed by atoms with Gasteiger partial charge in [-0.15, -0.1) is 11.3 Å². The van der Waals surface area contributed by atoms with Crippen LogP contribution >= 0.6 is 11.3 Å². The summed E-state index contributed by atoms with van der Waals surface area (Å²) in [5, 5.41) is 15.0. The Balaban J connectivity index is 1.34. The topological polar surface area (TPSA) is 28.7 Å². The fraction of sp³-hybridized carbons (Fsp3) is 0. The molecule has 0 aliphatic carbocycles. The molecule has 0 amide bonds. The molecule has 0 unspecified atom stereocenters. The Morgan fingerprint density at radius 2 is 1.23 bits per heavy atom. The fourth-order valence-electron chi connectivity index (χ4n) is 6.00. The van der Waals surface area contributed by atoms with E-state index in [4.69, 9.17) is 0 Å². The summed E-state index contributed by atoms with van der Waals surface area (Å²) in [5.41, 5.74) is 8.56. The summed E-state index contributed by atoms with van der Waals surface area (Å²) in [6, 6.07) is 49.5. The van der Waals surface area contributed by atoms with Crippen LogP contribution in [0.25, 0.3) is 69.9 Å². The van der Waals surface area contributed by atoms with Gasteiger partial charge in [0.2, 0.25) is 0 Å². The van der Waals surface area contributed by atoms with Crippen molar-refractivity contribution in [2.75, 3.05) is 0 Å². The van der Waals surface area contributed by atoms with E-state index in [2.05, 4.69) is 132 Å². The summed E-state index contributed by atoms with van der Waals surface area (Å²) in [5.74, 6) is 0. The van der Waals surface area contributed by atoms with Gasteiger partial charge < -0.3 is 4.57 Å². The Bertz CT molecular complexity index is 2230. The lowest BCUT2D eigenvalue weighted by Crippen LogP contribution is -1.95. The number of thiophene rings is 1. The molecule has 0 atom stereocenters. The van der Waals surface area contributed by atoms with E-state index in [1.54, 1.807) is 0 Å². The highest BCUT2D eigenvalue weighted by molar-refractivity contribution is 7.26. The van der Waals surface area contributed by atoms with Crippen LogP contribution in [0.3, 0.4) is 0 Å². The smallest absolute Gasteiger partial charge is 0.0992 e. The second kappa shape index (κ2) is 8.95. The van der Waals surface area contributed by atoms with Crippen LogP contribution in [0.2, 0.25) is 0 Å². The Kier molecular flexibility index (Phi) is 5.10. The SMILES string of the molecule is N#Cc1cc(-c2ccc3sc4c(-c5ccccc5)cccc4c3c2)cc(-n2c3ccccc3c3ccccc32)c1. The number of nitrogens with zero attached hydrogens (tertiary/aromatic N) is 2. The van der Waals surface area contributed by atoms with Gasteiger partial charge in [0, 0.05) is 36.6 Å². The number of rotatable bonds is 3. The monoisotopic (exact) mass is 526 g/mol. The third-order valence-electron chi connectivity index (χ3n) is 7.80. The molecular weight excluding hydrogens is 504 g/mol. The van der Waals surface area contributed by atoms with E-state index in [1.165, 1.54) is 42.1 Å². The molecule has 8 aromatic rings. The molecule has 0 spiro atoms. The lowest BCUT2D eigenvalue weighted by Gasteiger charge is -2.11. The summed E-state index contributed by atoms with van der Waals surface area (Å²) < 4.78 is 4.85. The summed E-state index contributed by atoms with van der Waals surface area (Å²) in [6.45, 7) is 0. The van der Waals surface area contributed by atoms with Gasteiger partial charge in [-0.1, -0.05) is 91.0 Å². The quantitative estimate of drug-likeness (QED) is 0.225. The van der Waals surface area contributed by atoms with E-state index in [-0.39, 0.29) is 0 Å². The first kappa shape index (κ1) is 22.8. The number of hydrogen-bond acceptors (Lipinski definition) is 2. The van der Waals surface area contributed by atoms with Crippen molar-refractivity contribution in [3.05, 3.63) is 139 Å². The molecular formula is C37H22N2S. The summed E-state index contributed by atoms with van der Waals surface area (Å²) in [6.07, 6.45) is 0. The Morgan fingerprint density at radius 3 is 1.98 bits per heavy atom. The molecule has 0 saturated heterocycles. The summed E-state index contributed by atoms with van der Waals surface area (Å²) >= 11 is 1.84. The highest BCUT2D eigenvalue weighted by atomic mass is 32.1. The van der Waals surface area contributed by atoms with Crippen LogP contribution in [-0.4, -0.2) is 4.57 Å². The third-order valence-corrected chi connectivity index (χ3v) is 9.02. The maximum absolute atomic E-state index is 10.0. The molecule has 0 saturated carbocycles. The molecule has 0 aliphatic heterocycles. The van der Waals surface area contributed by atoms with Crippen LogP contribution < -0.4 is 0 Å². The molecule has 2 aromatic heterocycles. The predicted molar refractivity (Wildman–Crippen MR) is 169 cm³/mol. The van der Waals surface area contributed by atoms with Crippen molar-refractivity contribution in [2.24, 2.45) is 0 Å². The molecule has 2 heterocycles. The fourth-order valence-corrected chi connectivity index (χ4v) is 7.21. The number of hydrogen-bond donors (Lipinski definition) is 0. The first-order valence-corrected chi connectivity index (χ1v) is 14.1. The van der Waals surface area contributed by atoms with E-state index < -0.39 is 0 Å². The second-order valence-corrected chi connectivity index (χ2v) is 11.2. The Labute approximate surface area is 235 Å². The lowest BCUT2D eigenvalue weighted by molar-refractivity contribution is 1.18. The highest BCUT2D eigenvalue weighted by Crippen LogP contribution is 2.42. The van der Waals surface area contributed by atoms with E-state index in [9.17, 15) is 5.26 Å². The van der Waals surface area contributed by atoms with Crippen molar-refractivity contribution in [1.82, 2.24) is 4.57 Å². The predicted octanol–water partition coefficient (Wildman–Crippen LogP) is 10.4. The minimum atomic E-state index is 0.649. The van der Waals surface area contributed by atoms with Crippen molar-refractivity contribution in [2.45, 2.75) is 0 Å². The van der Waals surface area contributed by atoms with E-state index in [0.29, 0.717) is 5.56 Å². The van der Waals surface area contributed by atoms with Gasteiger partial charge in [0.1, 0.15) is 0 Å². The van der Waals surface area contributed by atoms with Gasteiger partial charge in [0.25, 0.3) is 0 Å². The summed E-state index contributed by atoms with van der Waals surface area (Å²) in [7, 11) is 0. The first-order chi connectivity index (χ1) is 19.8. The largest absolute Gasteiger partial charge is 0.309 e. The number of nitriles is 1. The van der Waals surface area contributed by atoms with Gasteiger partial charge in [-0.05, 0) is 64.7 Å².